The lowest BCUT2D eigenvalue weighted by atomic mass is 9.72. The molecule has 6 nitrogen and oxygen atoms in total. The second-order valence-corrected chi connectivity index (χ2v) is 10.6. The number of hydrogen-bond acceptors (Lipinski definition) is 6. The van der Waals surface area contributed by atoms with Crippen LogP contribution in [0.2, 0.25) is 0 Å². The summed E-state index contributed by atoms with van der Waals surface area (Å²) in [6.45, 7) is 4.93. The summed E-state index contributed by atoms with van der Waals surface area (Å²) in [4.78, 5) is 29.0. The molecule has 1 atom stereocenters. The van der Waals surface area contributed by atoms with Crippen molar-refractivity contribution in [1.29, 1.82) is 0 Å². The summed E-state index contributed by atoms with van der Waals surface area (Å²) >= 11 is 1.53. The first-order valence-electron chi connectivity index (χ1n) is 12.3. The zero-order valence-corrected chi connectivity index (χ0v) is 20.0. The van der Waals surface area contributed by atoms with Crippen LogP contribution < -0.4 is 4.90 Å². The third-order valence-electron chi connectivity index (χ3n) is 7.74. The number of hydrogen-bond donors (Lipinski definition) is 0. The van der Waals surface area contributed by atoms with E-state index in [0.29, 0.717) is 18.3 Å². The maximum atomic E-state index is 13.1. The number of pyridine rings is 1. The van der Waals surface area contributed by atoms with E-state index >= 15 is 0 Å². The lowest BCUT2D eigenvalue weighted by molar-refractivity contribution is 0.0361. The second-order valence-electron chi connectivity index (χ2n) is 9.80. The fourth-order valence-corrected chi connectivity index (χ4v) is 6.37. The van der Waals surface area contributed by atoms with Crippen LogP contribution in [0, 0.1) is 11.8 Å². The number of carbonyl (C=O) groups is 1. The van der Waals surface area contributed by atoms with Gasteiger partial charge in [-0.3, -0.25) is 14.7 Å². The van der Waals surface area contributed by atoms with Crippen LogP contribution in [-0.2, 0) is 6.54 Å². The van der Waals surface area contributed by atoms with Crippen molar-refractivity contribution in [2.45, 2.75) is 57.5 Å². The van der Waals surface area contributed by atoms with Crippen molar-refractivity contribution in [2.24, 2.45) is 11.8 Å². The zero-order chi connectivity index (χ0) is 21.9. The van der Waals surface area contributed by atoms with Gasteiger partial charge in [-0.05, 0) is 56.2 Å². The van der Waals surface area contributed by atoms with E-state index in [4.69, 9.17) is 0 Å². The molecule has 0 aromatic carbocycles. The predicted octanol–water partition coefficient (Wildman–Crippen LogP) is 4.29. The summed E-state index contributed by atoms with van der Waals surface area (Å²) in [6, 6.07) is 6.58. The van der Waals surface area contributed by atoms with E-state index < -0.39 is 0 Å². The first-order valence-corrected chi connectivity index (χ1v) is 13.2. The van der Waals surface area contributed by atoms with Gasteiger partial charge >= 0.3 is 0 Å². The third-order valence-corrected chi connectivity index (χ3v) is 8.69. The minimum Gasteiger partial charge on any atom is -0.345 e. The van der Waals surface area contributed by atoms with Crippen LogP contribution in [0.5, 0.6) is 0 Å². The van der Waals surface area contributed by atoms with Gasteiger partial charge in [0.15, 0.2) is 5.13 Å². The van der Waals surface area contributed by atoms with Gasteiger partial charge in [0.1, 0.15) is 5.69 Å². The van der Waals surface area contributed by atoms with Crippen molar-refractivity contribution in [3.63, 3.8) is 0 Å². The van der Waals surface area contributed by atoms with Crippen molar-refractivity contribution in [2.75, 3.05) is 38.1 Å². The molecule has 0 N–H and O–H groups in total. The van der Waals surface area contributed by atoms with Gasteiger partial charge < -0.3 is 9.80 Å². The highest BCUT2D eigenvalue weighted by Crippen LogP contribution is 2.38. The molecule has 4 heterocycles. The normalized spacial score (nSPS) is 23.2. The molecule has 3 fully saturated rings. The van der Waals surface area contributed by atoms with Crippen LogP contribution in [-0.4, -0.2) is 64.9 Å². The number of rotatable bonds is 6. The Morgan fingerprint density at radius 3 is 2.62 bits per heavy atom. The number of amides is 1. The van der Waals surface area contributed by atoms with E-state index in [-0.39, 0.29) is 5.91 Å². The highest BCUT2D eigenvalue weighted by molar-refractivity contribution is 7.13. The number of likely N-dealkylation sites (tertiary alicyclic amines) is 2. The van der Waals surface area contributed by atoms with Crippen LogP contribution in [0.25, 0.3) is 0 Å². The number of aromatic nitrogens is 2. The number of piperidine rings is 2. The van der Waals surface area contributed by atoms with Crippen molar-refractivity contribution >= 4 is 22.4 Å². The molecule has 7 heteroatoms. The van der Waals surface area contributed by atoms with E-state index in [1.807, 2.05) is 35.5 Å². The minimum absolute atomic E-state index is 0.0863. The average molecular weight is 454 g/mol. The van der Waals surface area contributed by atoms with Crippen LogP contribution in [0.4, 0.5) is 5.13 Å². The van der Waals surface area contributed by atoms with Crippen molar-refractivity contribution in [3.8, 4) is 0 Å². The largest absolute Gasteiger partial charge is 0.345 e. The average Bonchev–Trinajstić information content (AvgIpc) is 3.29. The van der Waals surface area contributed by atoms with Gasteiger partial charge in [0, 0.05) is 44.3 Å². The number of carbonyl (C=O) groups excluding carboxylic acids is 1. The molecular weight excluding hydrogens is 418 g/mol. The smallest absolute Gasteiger partial charge is 0.273 e. The number of thiazole rings is 1. The summed E-state index contributed by atoms with van der Waals surface area (Å²) in [5.41, 5.74) is 1.58. The maximum Gasteiger partial charge on any atom is 0.273 e. The van der Waals surface area contributed by atoms with E-state index in [2.05, 4.69) is 19.8 Å². The van der Waals surface area contributed by atoms with Crippen molar-refractivity contribution in [1.82, 2.24) is 19.8 Å². The first-order chi connectivity index (χ1) is 15.7. The highest BCUT2D eigenvalue weighted by Gasteiger charge is 2.35. The SMILES string of the molecule is CN(Cc1ccccn1)c1nc(C(=O)N2CCC(N3CCCC(C4CCC4)C3)CC2)cs1. The van der Waals surface area contributed by atoms with Gasteiger partial charge in [-0.1, -0.05) is 25.3 Å². The highest BCUT2D eigenvalue weighted by atomic mass is 32.1. The van der Waals surface area contributed by atoms with Gasteiger partial charge in [-0.2, -0.15) is 0 Å². The monoisotopic (exact) mass is 453 g/mol. The Kier molecular flexibility index (Phi) is 6.74. The van der Waals surface area contributed by atoms with Crippen LogP contribution in [0.3, 0.4) is 0 Å². The third kappa shape index (κ3) is 4.84. The topological polar surface area (TPSA) is 52.6 Å². The van der Waals surface area contributed by atoms with E-state index in [0.717, 1.165) is 48.6 Å². The first kappa shape index (κ1) is 21.8. The standard InChI is InChI=1S/C25H35N5OS/c1-28(17-21-9-2-3-12-26-21)25-27-23(18-32-25)24(31)29-14-10-22(11-15-29)30-13-5-8-20(16-30)19-6-4-7-19/h2-3,9,12,18-20,22H,4-8,10-11,13-17H2,1H3. The molecule has 2 saturated heterocycles. The minimum atomic E-state index is 0.0863. The molecule has 32 heavy (non-hydrogen) atoms. The maximum absolute atomic E-state index is 13.1. The molecule has 0 radical (unpaired) electrons. The molecule has 1 amide bonds. The fraction of sp³-hybridized carbons (Fsp3) is 0.640. The Balaban J connectivity index is 1.13. The summed E-state index contributed by atoms with van der Waals surface area (Å²) in [5, 5.41) is 2.77. The number of anilines is 1. The molecule has 3 aliphatic rings. The van der Waals surface area contributed by atoms with Gasteiger partial charge in [-0.25, -0.2) is 4.98 Å². The van der Waals surface area contributed by atoms with E-state index in [1.54, 1.807) is 6.20 Å². The molecule has 2 aliphatic heterocycles. The molecule has 5 rings (SSSR count). The number of nitrogens with zero attached hydrogens (tertiary/aromatic N) is 5. The molecule has 1 saturated carbocycles. The lowest BCUT2D eigenvalue weighted by Crippen LogP contribution is -2.50. The van der Waals surface area contributed by atoms with Crippen LogP contribution in [0.15, 0.2) is 29.8 Å². The quantitative estimate of drug-likeness (QED) is 0.653. The Bertz CT molecular complexity index is 891. The molecular formula is C25H35N5OS. The van der Waals surface area contributed by atoms with Gasteiger partial charge in [0.05, 0.1) is 12.2 Å². The molecule has 172 valence electrons. The Labute approximate surface area is 195 Å². The Morgan fingerprint density at radius 2 is 1.91 bits per heavy atom. The van der Waals surface area contributed by atoms with Crippen molar-refractivity contribution < 1.29 is 4.79 Å². The molecule has 0 spiro atoms. The van der Waals surface area contributed by atoms with E-state index in [9.17, 15) is 4.79 Å². The van der Waals surface area contributed by atoms with Crippen molar-refractivity contribution in [3.05, 3.63) is 41.2 Å². The summed E-state index contributed by atoms with van der Waals surface area (Å²) in [5.74, 6) is 2.01. The van der Waals surface area contributed by atoms with Crippen LogP contribution >= 0.6 is 11.3 Å². The molecule has 1 unspecified atom stereocenters. The molecule has 2 aromatic rings. The summed E-state index contributed by atoms with van der Waals surface area (Å²) in [7, 11) is 2.00. The van der Waals surface area contributed by atoms with E-state index in [1.165, 1.54) is 56.5 Å². The van der Waals surface area contributed by atoms with Crippen LogP contribution in [0.1, 0.15) is 61.1 Å². The summed E-state index contributed by atoms with van der Waals surface area (Å²) in [6.07, 6.45) is 11.1. The lowest BCUT2D eigenvalue weighted by Gasteiger charge is -2.45. The summed E-state index contributed by atoms with van der Waals surface area (Å²) < 4.78 is 0. The molecule has 1 aliphatic carbocycles. The molecule has 0 bridgehead atoms. The Morgan fingerprint density at radius 1 is 1.09 bits per heavy atom. The fourth-order valence-electron chi connectivity index (χ4n) is 5.60. The van der Waals surface area contributed by atoms with Gasteiger partial charge in [0.25, 0.3) is 5.91 Å². The molecule has 2 aromatic heterocycles. The zero-order valence-electron chi connectivity index (χ0n) is 19.2. The Hall–Kier alpha value is -1.99. The van der Waals surface area contributed by atoms with Gasteiger partial charge in [0.2, 0.25) is 0 Å². The second kappa shape index (κ2) is 9.87. The van der Waals surface area contributed by atoms with Gasteiger partial charge in [-0.15, -0.1) is 11.3 Å². The predicted molar refractivity (Wildman–Crippen MR) is 129 cm³/mol.